The first kappa shape index (κ1) is 23.6. The number of carbonyl (C=O) groups is 2. The first-order valence-electron chi connectivity index (χ1n) is 11.3. The minimum Gasteiger partial charge on any atom is -0.507 e. The van der Waals surface area contributed by atoms with E-state index in [1.54, 1.807) is 42.5 Å². The summed E-state index contributed by atoms with van der Waals surface area (Å²) in [6.07, 6.45) is 1.55. The molecule has 8 heteroatoms. The molecule has 0 spiro atoms. The Hall–Kier alpha value is -3.52. The average molecular weight is 468 g/mol. The summed E-state index contributed by atoms with van der Waals surface area (Å²) in [5, 5.41) is 11.2. The smallest absolute Gasteiger partial charge is 0.295 e. The standard InChI is InChI=1S/C26H29NO7/c1-4-33-18-10-7-16(8-11-18)24(28)22-23(17-9-12-20(31-2)21(14-17)32-3)27(26(30)25(22)29)15-19-6-5-13-34-19/h7-12,14,19,23,28H,4-6,13,15H2,1-3H3. The zero-order valence-electron chi connectivity index (χ0n) is 19.6. The third-order valence-corrected chi connectivity index (χ3v) is 6.13. The normalized spacial score (nSPS) is 21.7. The number of carbonyl (C=O) groups excluding carboxylic acids is 2. The number of amides is 1. The summed E-state index contributed by atoms with van der Waals surface area (Å²) in [6, 6.07) is 11.2. The Morgan fingerprint density at radius 1 is 1.09 bits per heavy atom. The van der Waals surface area contributed by atoms with E-state index >= 15 is 0 Å². The summed E-state index contributed by atoms with van der Waals surface area (Å²) in [4.78, 5) is 27.8. The van der Waals surface area contributed by atoms with Gasteiger partial charge in [-0.3, -0.25) is 9.59 Å². The Kier molecular flexibility index (Phi) is 7.07. The molecule has 2 aromatic carbocycles. The molecular formula is C26H29NO7. The van der Waals surface area contributed by atoms with Crippen LogP contribution in [0.3, 0.4) is 0 Å². The second-order valence-electron chi connectivity index (χ2n) is 8.16. The largest absolute Gasteiger partial charge is 0.507 e. The number of benzene rings is 2. The lowest BCUT2D eigenvalue weighted by Crippen LogP contribution is -2.36. The molecule has 0 bridgehead atoms. The molecule has 180 valence electrons. The third kappa shape index (κ3) is 4.46. The van der Waals surface area contributed by atoms with E-state index in [1.807, 2.05) is 6.92 Å². The number of rotatable bonds is 8. The van der Waals surface area contributed by atoms with Gasteiger partial charge in [-0.05, 0) is 61.7 Å². The number of ketones is 1. The van der Waals surface area contributed by atoms with Crippen molar-refractivity contribution in [1.29, 1.82) is 0 Å². The third-order valence-electron chi connectivity index (χ3n) is 6.13. The molecule has 2 unspecified atom stereocenters. The fraction of sp³-hybridized carbons (Fsp3) is 0.385. The van der Waals surface area contributed by atoms with Crippen molar-refractivity contribution >= 4 is 17.4 Å². The van der Waals surface area contributed by atoms with Gasteiger partial charge in [0.15, 0.2) is 11.5 Å². The number of aliphatic hydroxyl groups excluding tert-OH is 1. The van der Waals surface area contributed by atoms with E-state index in [2.05, 4.69) is 0 Å². The fourth-order valence-electron chi connectivity index (χ4n) is 4.48. The monoisotopic (exact) mass is 467 g/mol. The van der Waals surface area contributed by atoms with Crippen molar-refractivity contribution < 1.29 is 33.6 Å². The zero-order valence-corrected chi connectivity index (χ0v) is 19.6. The van der Waals surface area contributed by atoms with Gasteiger partial charge >= 0.3 is 0 Å². The molecular weight excluding hydrogens is 438 g/mol. The molecule has 4 rings (SSSR count). The summed E-state index contributed by atoms with van der Waals surface area (Å²) in [6.45, 7) is 3.27. The average Bonchev–Trinajstić information content (AvgIpc) is 3.46. The van der Waals surface area contributed by atoms with Crippen molar-refractivity contribution in [2.45, 2.75) is 31.9 Å². The van der Waals surface area contributed by atoms with Crippen molar-refractivity contribution in [2.75, 3.05) is 34.0 Å². The van der Waals surface area contributed by atoms with E-state index in [9.17, 15) is 14.7 Å². The lowest BCUT2D eigenvalue weighted by molar-refractivity contribution is -0.140. The van der Waals surface area contributed by atoms with Gasteiger partial charge < -0.3 is 29.0 Å². The lowest BCUT2D eigenvalue weighted by atomic mass is 9.94. The van der Waals surface area contributed by atoms with Crippen molar-refractivity contribution in [3.8, 4) is 17.2 Å². The maximum absolute atomic E-state index is 13.2. The van der Waals surface area contributed by atoms with Crippen LogP contribution < -0.4 is 14.2 Å². The molecule has 1 N–H and O–H groups in total. The molecule has 0 aliphatic carbocycles. The minimum atomic E-state index is -0.796. The van der Waals surface area contributed by atoms with E-state index in [0.717, 1.165) is 12.8 Å². The van der Waals surface area contributed by atoms with Crippen LogP contribution >= 0.6 is 0 Å². The number of likely N-dealkylation sites (tertiary alicyclic amines) is 1. The number of ether oxygens (including phenoxy) is 4. The maximum atomic E-state index is 13.2. The molecule has 2 heterocycles. The minimum absolute atomic E-state index is 0.0272. The molecule has 2 atom stereocenters. The van der Waals surface area contributed by atoms with Crippen LogP contribution in [-0.4, -0.2) is 61.8 Å². The fourth-order valence-corrected chi connectivity index (χ4v) is 4.48. The summed E-state index contributed by atoms with van der Waals surface area (Å²) in [7, 11) is 3.05. The van der Waals surface area contributed by atoms with Gasteiger partial charge in [0.05, 0.1) is 38.5 Å². The molecule has 2 saturated heterocycles. The highest BCUT2D eigenvalue weighted by molar-refractivity contribution is 6.46. The van der Waals surface area contributed by atoms with Crippen LogP contribution in [0.2, 0.25) is 0 Å². The van der Waals surface area contributed by atoms with Crippen LogP contribution in [0.5, 0.6) is 17.2 Å². The molecule has 0 saturated carbocycles. The van der Waals surface area contributed by atoms with Crippen LogP contribution in [0, 0.1) is 0 Å². The van der Waals surface area contributed by atoms with E-state index in [4.69, 9.17) is 18.9 Å². The van der Waals surface area contributed by atoms with Crippen molar-refractivity contribution in [3.63, 3.8) is 0 Å². The zero-order chi connectivity index (χ0) is 24.2. The predicted molar refractivity (Wildman–Crippen MR) is 125 cm³/mol. The number of aliphatic hydroxyl groups is 1. The number of Topliss-reactive ketones (excluding diaryl/α,β-unsaturated/α-hetero) is 1. The van der Waals surface area contributed by atoms with Gasteiger partial charge in [-0.1, -0.05) is 6.07 Å². The second kappa shape index (κ2) is 10.2. The summed E-state index contributed by atoms with van der Waals surface area (Å²) in [5.41, 5.74) is 1.07. The van der Waals surface area contributed by atoms with Crippen LogP contribution in [0.15, 0.2) is 48.0 Å². The predicted octanol–water partition coefficient (Wildman–Crippen LogP) is 3.70. The Balaban J connectivity index is 1.81. The molecule has 2 aliphatic rings. The van der Waals surface area contributed by atoms with Crippen LogP contribution in [0.4, 0.5) is 0 Å². The second-order valence-corrected chi connectivity index (χ2v) is 8.16. The molecule has 2 aromatic rings. The van der Waals surface area contributed by atoms with Crippen molar-refractivity contribution in [3.05, 3.63) is 59.2 Å². The first-order valence-corrected chi connectivity index (χ1v) is 11.3. The van der Waals surface area contributed by atoms with Gasteiger partial charge in [-0.15, -0.1) is 0 Å². The molecule has 0 radical (unpaired) electrons. The van der Waals surface area contributed by atoms with Gasteiger partial charge in [0.25, 0.3) is 11.7 Å². The summed E-state index contributed by atoms with van der Waals surface area (Å²) >= 11 is 0. The molecule has 0 aromatic heterocycles. The van der Waals surface area contributed by atoms with Gasteiger partial charge in [-0.25, -0.2) is 0 Å². The van der Waals surface area contributed by atoms with Crippen LogP contribution in [0.25, 0.3) is 5.76 Å². The molecule has 1 amide bonds. The quantitative estimate of drug-likeness (QED) is 0.359. The number of nitrogens with zero attached hydrogens (tertiary/aromatic N) is 1. The highest BCUT2D eigenvalue weighted by Crippen LogP contribution is 2.42. The number of hydrogen-bond acceptors (Lipinski definition) is 7. The summed E-state index contributed by atoms with van der Waals surface area (Å²) in [5.74, 6) is -0.00472. The SMILES string of the molecule is CCOc1ccc(C(O)=C2C(=O)C(=O)N(CC3CCCO3)C2c2ccc(OC)c(OC)c2)cc1. The van der Waals surface area contributed by atoms with Crippen LogP contribution in [-0.2, 0) is 14.3 Å². The lowest BCUT2D eigenvalue weighted by Gasteiger charge is -2.28. The number of methoxy groups -OCH3 is 2. The highest BCUT2D eigenvalue weighted by Gasteiger charge is 2.47. The molecule has 2 fully saturated rings. The van der Waals surface area contributed by atoms with E-state index in [0.29, 0.717) is 41.6 Å². The van der Waals surface area contributed by atoms with Gasteiger partial charge in [0.2, 0.25) is 0 Å². The maximum Gasteiger partial charge on any atom is 0.295 e. The van der Waals surface area contributed by atoms with Gasteiger partial charge in [0.1, 0.15) is 11.5 Å². The Labute approximate surface area is 198 Å². The van der Waals surface area contributed by atoms with Gasteiger partial charge in [-0.2, -0.15) is 0 Å². The highest BCUT2D eigenvalue weighted by atomic mass is 16.5. The van der Waals surface area contributed by atoms with Crippen molar-refractivity contribution in [1.82, 2.24) is 4.90 Å². The first-order chi connectivity index (χ1) is 16.5. The van der Waals surface area contributed by atoms with Crippen LogP contribution in [0.1, 0.15) is 36.9 Å². The Morgan fingerprint density at radius 2 is 1.82 bits per heavy atom. The van der Waals surface area contributed by atoms with Crippen molar-refractivity contribution in [2.24, 2.45) is 0 Å². The number of hydrogen-bond donors (Lipinski definition) is 1. The molecule has 8 nitrogen and oxygen atoms in total. The molecule has 2 aliphatic heterocycles. The Bertz CT molecular complexity index is 1090. The van der Waals surface area contributed by atoms with E-state index in [-0.39, 0.29) is 24.0 Å². The van der Waals surface area contributed by atoms with Gasteiger partial charge in [0, 0.05) is 18.7 Å². The van der Waals surface area contributed by atoms with E-state index < -0.39 is 17.7 Å². The molecule has 34 heavy (non-hydrogen) atoms. The van der Waals surface area contributed by atoms with E-state index in [1.165, 1.54) is 19.1 Å². The Morgan fingerprint density at radius 3 is 2.44 bits per heavy atom. The summed E-state index contributed by atoms with van der Waals surface area (Å²) < 4.78 is 22.0. The topological polar surface area (TPSA) is 94.5 Å².